The van der Waals surface area contributed by atoms with Crippen molar-refractivity contribution in [3.05, 3.63) is 181 Å². The van der Waals surface area contributed by atoms with Gasteiger partial charge in [0.2, 0.25) is 0 Å². The molecule has 446 valence electrons. The van der Waals surface area contributed by atoms with E-state index in [4.69, 9.17) is 42.6 Å². The smallest absolute Gasteiger partial charge is 0.330 e. The molecular weight excluding hydrogens is 1060 g/mol. The molecule has 0 unspecified atom stereocenters. The van der Waals surface area contributed by atoms with Crippen LogP contribution in [-0.4, -0.2) is 96.7 Å². The van der Waals surface area contributed by atoms with Crippen molar-refractivity contribution < 1.29 is 57.0 Å². The number of benzene rings is 6. The first-order valence-electron chi connectivity index (χ1n) is 30.1. The molecular formula is C72H86O12. The minimum Gasteiger partial charge on any atom is -0.494 e. The van der Waals surface area contributed by atoms with Crippen LogP contribution in [0.1, 0.15) is 115 Å². The Morgan fingerprint density at radius 1 is 0.321 bits per heavy atom. The number of carbonyl (C=O) groups excluding carboxylic acids is 3. The Labute approximate surface area is 498 Å². The fourth-order valence-electron chi connectivity index (χ4n) is 8.93. The molecule has 0 N–H and O–H groups in total. The first-order valence-corrected chi connectivity index (χ1v) is 30.1. The van der Waals surface area contributed by atoms with E-state index in [9.17, 15) is 14.4 Å². The standard InChI is InChI=1S/C72H86O12/c1-4-78-70(73)46-25-57-19-28-60(29-20-57)63-34-40-66(41-35-63)81-51-15-9-7-13-49-76-55-69(84-54-18-12-11-17-53-83-68-44-38-65(39-45-68)62-32-23-59(24-33-62)27-48-72(75)80-6-3)56-77-50-14-8-10-16-52-82-67-42-36-64(37-43-67)61-30-21-58(22-31-61)26-47-71(74)79-5-2/h19-48,69H,4-18,49-56H2,1-3H3. The number of ether oxygens (including phenoxy) is 9. The van der Waals surface area contributed by atoms with Crippen molar-refractivity contribution in [2.75, 3.05) is 72.7 Å². The number of rotatable bonds is 41. The summed E-state index contributed by atoms with van der Waals surface area (Å²) in [4.78, 5) is 34.9. The third-order valence-corrected chi connectivity index (χ3v) is 13.6. The van der Waals surface area contributed by atoms with E-state index in [1.807, 2.05) is 109 Å². The molecule has 6 aromatic rings. The van der Waals surface area contributed by atoms with Crippen LogP contribution in [0.2, 0.25) is 0 Å². The molecule has 84 heavy (non-hydrogen) atoms. The lowest BCUT2D eigenvalue weighted by molar-refractivity contribution is -0.138. The van der Waals surface area contributed by atoms with Gasteiger partial charge in [-0.15, -0.1) is 0 Å². The maximum atomic E-state index is 11.6. The summed E-state index contributed by atoms with van der Waals surface area (Å²) in [5, 5.41) is 0. The van der Waals surface area contributed by atoms with E-state index in [1.54, 1.807) is 39.0 Å². The van der Waals surface area contributed by atoms with Gasteiger partial charge in [-0.05, 0) is 183 Å². The van der Waals surface area contributed by atoms with Gasteiger partial charge in [0.25, 0.3) is 0 Å². The summed E-state index contributed by atoms with van der Waals surface area (Å²) in [7, 11) is 0. The molecule has 0 amide bonds. The predicted molar refractivity (Wildman–Crippen MR) is 336 cm³/mol. The molecule has 0 spiro atoms. The summed E-state index contributed by atoms with van der Waals surface area (Å²) >= 11 is 0. The van der Waals surface area contributed by atoms with Crippen LogP contribution < -0.4 is 14.2 Å². The maximum absolute atomic E-state index is 11.6. The maximum Gasteiger partial charge on any atom is 0.330 e. The number of hydrogen-bond acceptors (Lipinski definition) is 12. The van der Waals surface area contributed by atoms with Crippen LogP contribution in [0, 0.1) is 0 Å². The van der Waals surface area contributed by atoms with Gasteiger partial charge in [0.15, 0.2) is 0 Å². The Balaban J connectivity index is 0.835. The zero-order valence-corrected chi connectivity index (χ0v) is 49.6. The largest absolute Gasteiger partial charge is 0.494 e. The molecule has 0 aromatic heterocycles. The van der Waals surface area contributed by atoms with Gasteiger partial charge < -0.3 is 42.6 Å². The molecule has 0 atom stereocenters. The Bertz CT molecular complexity index is 2720. The van der Waals surface area contributed by atoms with Gasteiger partial charge in [-0.3, -0.25) is 0 Å². The molecule has 0 aliphatic heterocycles. The number of esters is 3. The number of unbranched alkanes of at least 4 members (excludes halogenated alkanes) is 9. The van der Waals surface area contributed by atoms with Gasteiger partial charge >= 0.3 is 17.9 Å². The summed E-state index contributed by atoms with van der Waals surface area (Å²) in [6.07, 6.45) is 21.6. The van der Waals surface area contributed by atoms with Crippen molar-refractivity contribution in [1.29, 1.82) is 0 Å². The summed E-state index contributed by atoms with van der Waals surface area (Å²) in [6, 6.07) is 48.7. The van der Waals surface area contributed by atoms with Crippen molar-refractivity contribution in [1.82, 2.24) is 0 Å². The van der Waals surface area contributed by atoms with Crippen LogP contribution in [0.25, 0.3) is 51.6 Å². The second-order valence-electron chi connectivity index (χ2n) is 20.1. The van der Waals surface area contributed by atoms with E-state index in [0.717, 1.165) is 144 Å². The second kappa shape index (κ2) is 39.7. The number of carbonyl (C=O) groups is 3. The monoisotopic (exact) mass is 1140 g/mol. The van der Waals surface area contributed by atoms with Crippen LogP contribution in [0.15, 0.2) is 164 Å². The Morgan fingerprint density at radius 2 is 0.571 bits per heavy atom. The van der Waals surface area contributed by atoms with E-state index in [2.05, 4.69) is 36.4 Å². The second-order valence-corrected chi connectivity index (χ2v) is 20.1. The first kappa shape index (κ1) is 65.4. The molecule has 6 rings (SSSR count). The van der Waals surface area contributed by atoms with E-state index < -0.39 is 0 Å². The summed E-state index contributed by atoms with van der Waals surface area (Å²) in [6.45, 7) is 11.5. The molecule has 0 bridgehead atoms. The SMILES string of the molecule is CCOC(=O)C=Cc1ccc(-c2ccc(OCCCCCCOCC(COCCCCCCOc3ccc(-c4ccc(C=CC(=O)OCC)cc4)cc3)OCCCCCCOc3ccc(-c4ccc(C=CC(=O)OCC)cc4)cc3)cc2)cc1. The van der Waals surface area contributed by atoms with Crippen LogP contribution in [0.5, 0.6) is 17.2 Å². The quantitative estimate of drug-likeness (QED) is 0.0157. The number of hydrogen-bond donors (Lipinski definition) is 0. The van der Waals surface area contributed by atoms with Crippen molar-refractivity contribution in [3.63, 3.8) is 0 Å². The van der Waals surface area contributed by atoms with Gasteiger partial charge in [-0.1, -0.05) is 128 Å². The van der Waals surface area contributed by atoms with E-state index >= 15 is 0 Å². The van der Waals surface area contributed by atoms with Gasteiger partial charge in [-0.2, -0.15) is 0 Å². The predicted octanol–water partition coefficient (Wildman–Crippen LogP) is 16.1. The molecule has 6 aromatic carbocycles. The topological polar surface area (TPSA) is 134 Å². The van der Waals surface area contributed by atoms with Crippen molar-refractivity contribution in [2.45, 2.75) is 104 Å². The molecule has 0 fully saturated rings. The highest BCUT2D eigenvalue weighted by atomic mass is 16.6. The Kier molecular flexibility index (Phi) is 30.9. The molecule has 0 saturated carbocycles. The van der Waals surface area contributed by atoms with Gasteiger partial charge in [0.05, 0.1) is 52.9 Å². The van der Waals surface area contributed by atoms with E-state index in [0.29, 0.717) is 72.7 Å². The summed E-state index contributed by atoms with van der Waals surface area (Å²) in [5.74, 6) is 1.54. The normalized spacial score (nSPS) is 11.8. The fraction of sp³-hybridized carbons (Fsp3) is 0.375. The van der Waals surface area contributed by atoms with Gasteiger partial charge in [-0.25, -0.2) is 14.4 Å². The highest BCUT2D eigenvalue weighted by Gasteiger charge is 2.11. The summed E-state index contributed by atoms with van der Waals surface area (Å²) < 4.78 is 51.8. The van der Waals surface area contributed by atoms with Crippen molar-refractivity contribution in [3.8, 4) is 50.6 Å². The van der Waals surface area contributed by atoms with Crippen LogP contribution in [-0.2, 0) is 42.8 Å². The highest BCUT2D eigenvalue weighted by molar-refractivity contribution is 5.88. The van der Waals surface area contributed by atoms with Crippen molar-refractivity contribution >= 4 is 36.1 Å². The minimum atomic E-state index is -0.343. The zero-order chi connectivity index (χ0) is 59.1. The van der Waals surface area contributed by atoms with Crippen LogP contribution in [0.3, 0.4) is 0 Å². The van der Waals surface area contributed by atoms with Gasteiger partial charge in [0, 0.05) is 38.0 Å². The van der Waals surface area contributed by atoms with Gasteiger partial charge in [0.1, 0.15) is 23.4 Å². The molecule has 12 heteroatoms. The molecule has 0 radical (unpaired) electrons. The molecule has 12 nitrogen and oxygen atoms in total. The van der Waals surface area contributed by atoms with Crippen LogP contribution in [0.4, 0.5) is 0 Å². The Hall–Kier alpha value is -7.77. The lowest BCUT2D eigenvalue weighted by Crippen LogP contribution is -2.27. The molecule has 0 heterocycles. The zero-order valence-electron chi connectivity index (χ0n) is 49.6. The highest BCUT2D eigenvalue weighted by Crippen LogP contribution is 2.27. The molecule has 0 aliphatic carbocycles. The fourth-order valence-corrected chi connectivity index (χ4v) is 8.93. The lowest BCUT2D eigenvalue weighted by Gasteiger charge is -2.18. The third kappa shape index (κ3) is 26.2. The van der Waals surface area contributed by atoms with Crippen molar-refractivity contribution in [2.24, 2.45) is 0 Å². The molecule has 0 saturated heterocycles. The minimum absolute atomic E-state index is 0.124. The average Bonchev–Trinajstić information content (AvgIpc) is 3.73. The molecule has 0 aliphatic rings. The first-order chi connectivity index (χ1) is 41.3. The lowest BCUT2D eigenvalue weighted by atomic mass is 10.0. The summed E-state index contributed by atoms with van der Waals surface area (Å²) in [5.41, 5.74) is 9.38. The van der Waals surface area contributed by atoms with Crippen LogP contribution >= 0.6 is 0 Å². The Morgan fingerprint density at radius 3 is 0.845 bits per heavy atom. The average molecular weight is 1140 g/mol. The third-order valence-electron chi connectivity index (χ3n) is 13.6. The van der Waals surface area contributed by atoms with E-state index in [-0.39, 0.29) is 24.0 Å². The van der Waals surface area contributed by atoms with E-state index in [1.165, 1.54) is 18.2 Å².